The molecule has 2 rings (SSSR count). The summed E-state index contributed by atoms with van der Waals surface area (Å²) in [6.45, 7) is 5.01. The number of hydrogen-bond acceptors (Lipinski definition) is 3. The van der Waals surface area contributed by atoms with Crippen molar-refractivity contribution in [3.05, 3.63) is 0 Å². The Morgan fingerprint density at radius 1 is 1.13 bits per heavy atom. The normalized spacial score (nSPS) is 34.3. The van der Waals surface area contributed by atoms with Crippen molar-refractivity contribution in [1.82, 2.24) is 4.72 Å². The van der Waals surface area contributed by atoms with Gasteiger partial charge in [-0.15, -0.1) is 0 Å². The van der Waals surface area contributed by atoms with E-state index < -0.39 is 10.0 Å². The van der Waals surface area contributed by atoms with Gasteiger partial charge in [-0.2, -0.15) is 0 Å². The highest BCUT2D eigenvalue weighted by Gasteiger charge is 2.41. The van der Waals surface area contributed by atoms with Gasteiger partial charge in [0, 0.05) is 6.04 Å². The molecule has 0 spiro atoms. The van der Waals surface area contributed by atoms with Gasteiger partial charge in [-0.1, -0.05) is 13.8 Å². The van der Waals surface area contributed by atoms with Crippen LogP contribution in [-0.4, -0.2) is 32.9 Å². The SMILES string of the molecule is C[C@@H]1COC[C@@H](C)C1S(=O)(=O)NC1CC1. The lowest BCUT2D eigenvalue weighted by Crippen LogP contribution is -2.48. The molecule has 15 heavy (non-hydrogen) atoms. The Balaban J connectivity index is 2.11. The fourth-order valence-electron chi connectivity index (χ4n) is 2.31. The van der Waals surface area contributed by atoms with Gasteiger partial charge >= 0.3 is 0 Å². The Hall–Kier alpha value is -0.130. The summed E-state index contributed by atoms with van der Waals surface area (Å²) in [6.07, 6.45) is 1.98. The lowest BCUT2D eigenvalue weighted by molar-refractivity contribution is 0.0300. The van der Waals surface area contributed by atoms with E-state index in [0.717, 1.165) is 12.8 Å². The highest BCUT2D eigenvalue weighted by Crippen LogP contribution is 2.28. The van der Waals surface area contributed by atoms with Crippen molar-refractivity contribution in [3.63, 3.8) is 0 Å². The van der Waals surface area contributed by atoms with E-state index in [-0.39, 0.29) is 23.1 Å². The minimum atomic E-state index is -3.15. The van der Waals surface area contributed by atoms with Crippen LogP contribution >= 0.6 is 0 Å². The van der Waals surface area contributed by atoms with E-state index in [2.05, 4.69) is 4.72 Å². The van der Waals surface area contributed by atoms with Crippen LogP contribution in [0.4, 0.5) is 0 Å². The van der Waals surface area contributed by atoms with Gasteiger partial charge in [0.15, 0.2) is 0 Å². The molecule has 0 amide bonds. The first-order valence-electron chi connectivity index (χ1n) is 5.59. The lowest BCUT2D eigenvalue weighted by Gasteiger charge is -2.33. The number of sulfonamides is 1. The van der Waals surface area contributed by atoms with E-state index in [9.17, 15) is 8.42 Å². The Labute approximate surface area is 91.4 Å². The highest BCUT2D eigenvalue weighted by molar-refractivity contribution is 7.90. The molecule has 0 unspecified atom stereocenters. The van der Waals surface area contributed by atoms with Crippen molar-refractivity contribution in [1.29, 1.82) is 0 Å². The molecule has 2 aliphatic rings. The highest BCUT2D eigenvalue weighted by atomic mass is 32.2. The second-order valence-corrected chi connectivity index (χ2v) is 6.76. The zero-order valence-corrected chi connectivity index (χ0v) is 10.1. The van der Waals surface area contributed by atoms with Crippen molar-refractivity contribution >= 4 is 10.0 Å². The third-order valence-electron chi connectivity index (χ3n) is 3.15. The van der Waals surface area contributed by atoms with Crippen LogP contribution in [0.15, 0.2) is 0 Å². The average Bonchev–Trinajstić information content (AvgIpc) is 2.86. The quantitative estimate of drug-likeness (QED) is 0.782. The Kier molecular flexibility index (Phi) is 3.05. The molecule has 4 nitrogen and oxygen atoms in total. The molecular formula is C10H19NO3S. The van der Waals surface area contributed by atoms with E-state index in [1.165, 1.54) is 0 Å². The van der Waals surface area contributed by atoms with Crippen LogP contribution in [0.2, 0.25) is 0 Å². The molecule has 0 bridgehead atoms. The summed E-state index contributed by atoms with van der Waals surface area (Å²) in [4.78, 5) is 0. The summed E-state index contributed by atoms with van der Waals surface area (Å²) in [5, 5.41) is -0.285. The van der Waals surface area contributed by atoms with E-state index in [1.807, 2.05) is 13.8 Å². The monoisotopic (exact) mass is 233 g/mol. The standard InChI is InChI=1S/C10H19NO3S/c1-7-5-14-6-8(2)10(7)15(12,13)11-9-3-4-9/h7-11H,3-6H2,1-2H3/t7-,8-/m1/s1. The molecule has 1 saturated heterocycles. The van der Waals surface area contributed by atoms with Crippen molar-refractivity contribution in [2.45, 2.75) is 38.0 Å². The van der Waals surface area contributed by atoms with Gasteiger partial charge in [-0.25, -0.2) is 13.1 Å². The van der Waals surface area contributed by atoms with Crippen LogP contribution < -0.4 is 4.72 Å². The smallest absolute Gasteiger partial charge is 0.215 e. The van der Waals surface area contributed by atoms with Gasteiger partial charge in [0.2, 0.25) is 10.0 Å². The molecule has 0 aromatic rings. The topological polar surface area (TPSA) is 55.4 Å². The van der Waals surface area contributed by atoms with Gasteiger partial charge in [0.1, 0.15) is 0 Å². The predicted molar refractivity (Wildman–Crippen MR) is 58.0 cm³/mol. The summed E-state index contributed by atoms with van der Waals surface area (Å²) >= 11 is 0. The van der Waals surface area contributed by atoms with Gasteiger partial charge in [-0.3, -0.25) is 0 Å². The largest absolute Gasteiger partial charge is 0.381 e. The van der Waals surface area contributed by atoms with Gasteiger partial charge in [0.25, 0.3) is 0 Å². The van der Waals surface area contributed by atoms with Crippen molar-refractivity contribution in [2.24, 2.45) is 11.8 Å². The molecular weight excluding hydrogens is 214 g/mol. The molecule has 1 N–H and O–H groups in total. The van der Waals surface area contributed by atoms with Gasteiger partial charge in [0.05, 0.1) is 18.5 Å². The Morgan fingerprint density at radius 2 is 1.67 bits per heavy atom. The van der Waals surface area contributed by atoms with Crippen molar-refractivity contribution in [2.75, 3.05) is 13.2 Å². The third-order valence-corrected chi connectivity index (χ3v) is 5.46. The van der Waals surface area contributed by atoms with Gasteiger partial charge < -0.3 is 4.74 Å². The molecule has 0 radical (unpaired) electrons. The number of ether oxygens (including phenoxy) is 1. The second-order valence-electron chi connectivity index (χ2n) is 4.89. The van der Waals surface area contributed by atoms with Gasteiger partial charge in [-0.05, 0) is 24.7 Å². The second kappa shape index (κ2) is 4.03. The number of hydrogen-bond donors (Lipinski definition) is 1. The maximum absolute atomic E-state index is 12.1. The van der Waals surface area contributed by atoms with Crippen LogP contribution in [0.1, 0.15) is 26.7 Å². The number of rotatable bonds is 3. The first-order chi connectivity index (χ1) is 7.00. The Bertz CT molecular complexity index is 314. The van der Waals surface area contributed by atoms with E-state index in [4.69, 9.17) is 4.74 Å². The fourth-order valence-corrected chi connectivity index (χ4v) is 4.55. The molecule has 2 atom stereocenters. The molecule has 5 heteroatoms. The van der Waals surface area contributed by atoms with Crippen LogP contribution in [0.25, 0.3) is 0 Å². The zero-order valence-electron chi connectivity index (χ0n) is 9.27. The molecule has 88 valence electrons. The zero-order chi connectivity index (χ0) is 11.1. The maximum Gasteiger partial charge on any atom is 0.215 e. The molecule has 0 aromatic heterocycles. The minimum absolute atomic E-state index is 0.0880. The van der Waals surface area contributed by atoms with Crippen LogP contribution in [0, 0.1) is 11.8 Å². The first-order valence-corrected chi connectivity index (χ1v) is 7.14. The number of nitrogens with one attached hydrogen (secondary N) is 1. The van der Waals surface area contributed by atoms with E-state index >= 15 is 0 Å². The third kappa shape index (κ3) is 2.52. The molecule has 1 aliphatic heterocycles. The van der Waals surface area contributed by atoms with Crippen LogP contribution in [-0.2, 0) is 14.8 Å². The molecule has 2 fully saturated rings. The van der Waals surface area contributed by atoms with Crippen LogP contribution in [0.5, 0.6) is 0 Å². The summed E-state index contributed by atoms with van der Waals surface area (Å²) in [5.74, 6) is 0.176. The first kappa shape index (κ1) is 11.4. The summed E-state index contributed by atoms with van der Waals surface area (Å²) in [7, 11) is -3.15. The predicted octanol–water partition coefficient (Wildman–Crippen LogP) is 0.739. The molecule has 1 aliphatic carbocycles. The summed E-state index contributed by atoms with van der Waals surface area (Å²) < 4.78 is 32.3. The Morgan fingerprint density at radius 3 is 2.13 bits per heavy atom. The molecule has 0 aromatic carbocycles. The van der Waals surface area contributed by atoms with Crippen LogP contribution in [0.3, 0.4) is 0 Å². The summed E-state index contributed by atoms with van der Waals surface area (Å²) in [6, 6.07) is 0.206. The van der Waals surface area contributed by atoms with E-state index in [0.29, 0.717) is 13.2 Å². The maximum atomic E-state index is 12.1. The fraction of sp³-hybridized carbons (Fsp3) is 1.00. The summed E-state index contributed by atoms with van der Waals surface area (Å²) in [5.41, 5.74) is 0. The lowest BCUT2D eigenvalue weighted by atomic mass is 9.95. The van der Waals surface area contributed by atoms with Crippen molar-refractivity contribution < 1.29 is 13.2 Å². The van der Waals surface area contributed by atoms with E-state index in [1.54, 1.807) is 0 Å². The average molecular weight is 233 g/mol. The molecule has 1 saturated carbocycles. The van der Waals surface area contributed by atoms with Crippen molar-refractivity contribution in [3.8, 4) is 0 Å². The molecule has 1 heterocycles. The minimum Gasteiger partial charge on any atom is -0.381 e.